The van der Waals surface area contributed by atoms with Crippen molar-refractivity contribution in [1.82, 2.24) is 9.72 Å². The van der Waals surface area contributed by atoms with Crippen LogP contribution in [0.2, 0.25) is 5.02 Å². The molecule has 1 saturated heterocycles. The van der Waals surface area contributed by atoms with Crippen LogP contribution in [0.3, 0.4) is 0 Å². The summed E-state index contributed by atoms with van der Waals surface area (Å²) >= 11 is 6.39. The van der Waals surface area contributed by atoms with Gasteiger partial charge in [-0.1, -0.05) is 11.6 Å². The Hall–Kier alpha value is -1.70. The Bertz CT molecular complexity index is 899. The van der Waals surface area contributed by atoms with Gasteiger partial charge in [-0.05, 0) is 49.8 Å². The molecular formula is C21H25ClF2N2O3. The molecule has 0 spiro atoms. The number of halogens is 3. The highest BCUT2D eigenvalue weighted by atomic mass is 35.5. The molecule has 5 nitrogen and oxygen atoms in total. The van der Waals surface area contributed by atoms with Crippen LogP contribution in [0.15, 0.2) is 24.4 Å². The molecule has 3 heterocycles. The number of carbonyl (C=O) groups excluding carboxylic acids is 1. The number of nitrogens with one attached hydrogen (secondary N) is 1. The van der Waals surface area contributed by atoms with E-state index >= 15 is 0 Å². The topological polar surface area (TPSA) is 63.0 Å². The third-order valence-corrected chi connectivity index (χ3v) is 6.38. The van der Waals surface area contributed by atoms with Gasteiger partial charge >= 0.3 is 0 Å². The van der Waals surface area contributed by atoms with Gasteiger partial charge in [0, 0.05) is 44.5 Å². The van der Waals surface area contributed by atoms with E-state index in [1.54, 1.807) is 6.07 Å². The monoisotopic (exact) mass is 426 g/mol. The van der Waals surface area contributed by atoms with Crippen LogP contribution in [0.4, 0.5) is 8.78 Å². The largest absolute Gasteiger partial charge is 0.388 e. The van der Waals surface area contributed by atoms with E-state index in [1.807, 2.05) is 22.7 Å². The first-order valence-corrected chi connectivity index (χ1v) is 10.4. The second-order valence-electron chi connectivity index (χ2n) is 8.32. The molecule has 0 bridgehead atoms. The van der Waals surface area contributed by atoms with E-state index < -0.39 is 11.5 Å². The maximum absolute atomic E-state index is 13.4. The third kappa shape index (κ3) is 4.42. The molecule has 2 aliphatic rings. The summed E-state index contributed by atoms with van der Waals surface area (Å²) in [7, 11) is 0. The van der Waals surface area contributed by atoms with Crippen molar-refractivity contribution in [3.05, 3.63) is 40.7 Å². The van der Waals surface area contributed by atoms with Crippen molar-refractivity contribution < 1.29 is 23.4 Å². The molecule has 0 aromatic carbocycles. The van der Waals surface area contributed by atoms with Crippen molar-refractivity contribution in [1.29, 1.82) is 0 Å². The van der Waals surface area contributed by atoms with Gasteiger partial charge in [-0.2, -0.15) is 0 Å². The number of nitrogens with zero attached hydrogens (tertiary/aromatic N) is 1. The first-order chi connectivity index (χ1) is 13.8. The zero-order chi connectivity index (χ0) is 20.6. The Morgan fingerprint density at radius 1 is 1.34 bits per heavy atom. The minimum absolute atomic E-state index is 0.0372. The maximum Gasteiger partial charge on any atom is 0.253 e. The zero-order valence-electron chi connectivity index (χ0n) is 16.1. The van der Waals surface area contributed by atoms with Crippen LogP contribution in [0.5, 0.6) is 0 Å². The molecule has 2 aromatic heterocycles. The number of aromatic nitrogens is 1. The zero-order valence-corrected chi connectivity index (χ0v) is 16.9. The summed E-state index contributed by atoms with van der Waals surface area (Å²) < 4.78 is 34.1. The Kier molecular flexibility index (Phi) is 5.57. The molecule has 2 fully saturated rings. The molecule has 8 heteroatoms. The number of aliphatic hydroxyl groups is 1. The van der Waals surface area contributed by atoms with E-state index in [0.717, 1.165) is 25.1 Å². The predicted molar refractivity (Wildman–Crippen MR) is 106 cm³/mol. The number of ether oxygens (including phenoxy) is 1. The molecule has 1 amide bonds. The van der Waals surface area contributed by atoms with E-state index in [4.69, 9.17) is 16.3 Å². The van der Waals surface area contributed by atoms with Crippen molar-refractivity contribution in [3.63, 3.8) is 0 Å². The number of alkyl halides is 2. The Morgan fingerprint density at radius 3 is 2.79 bits per heavy atom. The molecule has 0 radical (unpaired) electrons. The highest BCUT2D eigenvalue weighted by Crippen LogP contribution is 2.38. The lowest BCUT2D eigenvalue weighted by atomic mass is 9.82. The summed E-state index contributed by atoms with van der Waals surface area (Å²) in [6, 6.07) is 5.39. The summed E-state index contributed by atoms with van der Waals surface area (Å²) in [5, 5.41) is 13.8. The third-order valence-electron chi connectivity index (χ3n) is 6.08. The smallest absolute Gasteiger partial charge is 0.253 e. The number of rotatable bonds is 5. The lowest BCUT2D eigenvalue weighted by Gasteiger charge is -2.35. The van der Waals surface area contributed by atoms with Crippen LogP contribution in [0, 0.1) is 5.92 Å². The summed E-state index contributed by atoms with van der Waals surface area (Å²) in [6.45, 7) is 1.39. The molecule has 1 saturated carbocycles. The van der Waals surface area contributed by atoms with Gasteiger partial charge in [0.2, 0.25) is 5.92 Å². The Labute approximate surface area is 173 Å². The average Bonchev–Trinajstić information content (AvgIpc) is 3.32. The normalized spacial score (nSPS) is 23.4. The second kappa shape index (κ2) is 7.85. The van der Waals surface area contributed by atoms with Gasteiger partial charge in [0.05, 0.1) is 21.7 Å². The van der Waals surface area contributed by atoms with E-state index in [9.17, 15) is 18.7 Å². The number of amides is 1. The number of hydrogen-bond donors (Lipinski definition) is 2. The van der Waals surface area contributed by atoms with E-state index in [2.05, 4.69) is 5.32 Å². The van der Waals surface area contributed by atoms with E-state index in [-0.39, 0.29) is 38.1 Å². The van der Waals surface area contributed by atoms with Gasteiger partial charge in [-0.25, -0.2) is 8.78 Å². The molecule has 1 aliphatic carbocycles. The van der Waals surface area contributed by atoms with Gasteiger partial charge in [0.1, 0.15) is 0 Å². The molecule has 0 unspecified atom stereocenters. The summed E-state index contributed by atoms with van der Waals surface area (Å²) in [5.41, 5.74) is 0.705. The molecule has 1 atom stereocenters. The van der Waals surface area contributed by atoms with E-state index in [1.165, 1.54) is 0 Å². The first-order valence-electron chi connectivity index (χ1n) is 10.0. The molecule has 4 rings (SSSR count). The van der Waals surface area contributed by atoms with Gasteiger partial charge in [-0.15, -0.1) is 0 Å². The number of hydrogen-bond acceptors (Lipinski definition) is 3. The molecule has 29 heavy (non-hydrogen) atoms. The van der Waals surface area contributed by atoms with Gasteiger partial charge in [0.15, 0.2) is 0 Å². The summed E-state index contributed by atoms with van der Waals surface area (Å²) in [5.74, 6) is -2.70. The molecule has 1 aliphatic heterocycles. The van der Waals surface area contributed by atoms with Crippen LogP contribution in [-0.4, -0.2) is 46.7 Å². The highest BCUT2D eigenvalue weighted by molar-refractivity contribution is 6.34. The fourth-order valence-corrected chi connectivity index (χ4v) is 4.52. The van der Waals surface area contributed by atoms with Crippen LogP contribution in [-0.2, 0) is 11.2 Å². The quantitative estimate of drug-likeness (QED) is 0.763. The van der Waals surface area contributed by atoms with E-state index in [0.29, 0.717) is 28.6 Å². The molecule has 2 aromatic rings. The number of carbonyl (C=O) groups is 1. The lowest BCUT2D eigenvalue weighted by molar-refractivity contribution is -0.101. The second-order valence-corrected chi connectivity index (χ2v) is 8.73. The fraction of sp³-hybridized carbons (Fsp3) is 0.571. The summed E-state index contributed by atoms with van der Waals surface area (Å²) in [6.07, 6.45) is 2.82. The minimum atomic E-state index is -2.73. The Morgan fingerprint density at radius 2 is 2.10 bits per heavy atom. The van der Waals surface area contributed by atoms with Crippen LogP contribution in [0.1, 0.15) is 48.2 Å². The van der Waals surface area contributed by atoms with Gasteiger partial charge in [0.25, 0.3) is 5.91 Å². The minimum Gasteiger partial charge on any atom is -0.388 e. The molecular weight excluding hydrogens is 402 g/mol. The maximum atomic E-state index is 13.4. The average molecular weight is 427 g/mol. The van der Waals surface area contributed by atoms with Crippen LogP contribution < -0.4 is 5.32 Å². The first kappa shape index (κ1) is 20.6. The van der Waals surface area contributed by atoms with Crippen molar-refractivity contribution in [3.8, 4) is 0 Å². The number of fused-ring (bicyclic) bond motifs is 1. The summed E-state index contributed by atoms with van der Waals surface area (Å²) in [4.78, 5) is 12.9. The predicted octanol–water partition coefficient (Wildman–Crippen LogP) is 3.84. The Balaban J connectivity index is 1.52. The van der Waals surface area contributed by atoms with Crippen molar-refractivity contribution in [2.45, 2.75) is 50.0 Å². The molecule has 158 valence electrons. The van der Waals surface area contributed by atoms with Crippen molar-refractivity contribution in [2.24, 2.45) is 5.92 Å². The fourth-order valence-electron chi connectivity index (χ4n) is 4.25. The van der Waals surface area contributed by atoms with Crippen LogP contribution >= 0.6 is 11.6 Å². The SMILES string of the molecule is O=C(NCC1(O)CCC(F)(F)CC1)c1cc(C[C@H]2CCOC2)n2cccc(Cl)c12. The van der Waals surface area contributed by atoms with Gasteiger partial charge in [-0.3, -0.25) is 4.79 Å². The molecule has 2 N–H and O–H groups in total. The standard InChI is InChI=1S/C21H25ClF2N2O3/c22-17-2-1-8-26-15(10-14-3-9-29-12-14)11-16(18(17)26)19(27)25-13-20(28)4-6-21(23,24)7-5-20/h1-2,8,11,14,28H,3-7,9-10,12-13H2,(H,25,27)/t14-/m1/s1. The highest BCUT2D eigenvalue weighted by Gasteiger charge is 2.42. The van der Waals surface area contributed by atoms with Crippen molar-refractivity contribution in [2.75, 3.05) is 19.8 Å². The number of pyridine rings is 1. The van der Waals surface area contributed by atoms with Crippen molar-refractivity contribution >= 4 is 23.0 Å². The van der Waals surface area contributed by atoms with Gasteiger partial charge < -0.3 is 19.6 Å². The lowest BCUT2D eigenvalue weighted by Crippen LogP contribution is -2.47. The van der Waals surface area contributed by atoms with Crippen LogP contribution in [0.25, 0.3) is 5.52 Å².